The average Bonchev–Trinajstić information content (AvgIpc) is 2.68. The summed E-state index contributed by atoms with van der Waals surface area (Å²) in [6.45, 7) is 6.64. The quantitative estimate of drug-likeness (QED) is 0.790. The molecule has 0 atom stereocenters. The van der Waals surface area contributed by atoms with Gasteiger partial charge in [0.15, 0.2) is 0 Å². The van der Waals surface area contributed by atoms with E-state index in [9.17, 15) is 5.26 Å². The van der Waals surface area contributed by atoms with Gasteiger partial charge in [0, 0.05) is 11.8 Å². The van der Waals surface area contributed by atoms with E-state index in [-0.39, 0.29) is 5.41 Å². The Morgan fingerprint density at radius 2 is 2.00 bits per heavy atom. The predicted molar refractivity (Wildman–Crippen MR) is 70.9 cm³/mol. The minimum atomic E-state index is -0.157. The lowest BCUT2D eigenvalue weighted by atomic mass is 9.64. The Hall–Kier alpha value is -0.880. The van der Waals surface area contributed by atoms with Gasteiger partial charge >= 0.3 is 0 Å². The summed E-state index contributed by atoms with van der Waals surface area (Å²) in [5.41, 5.74) is 1.36. The van der Waals surface area contributed by atoms with Crippen molar-refractivity contribution >= 4 is 11.3 Å². The lowest BCUT2D eigenvalue weighted by Crippen LogP contribution is -2.32. The van der Waals surface area contributed by atoms with Gasteiger partial charge in [0.2, 0.25) is 0 Å². The molecule has 2 nitrogen and oxygen atoms in total. The fraction of sp³-hybridized carbons (Fsp3) is 0.714. The lowest BCUT2D eigenvalue weighted by molar-refractivity contribution is 0.145. The SMILES string of the molecule is Cc1nc(CC2(C#N)CCC(C)(C)CC2)cs1. The van der Waals surface area contributed by atoms with Crippen LogP contribution < -0.4 is 0 Å². The number of aryl methyl sites for hydroxylation is 1. The molecule has 0 aliphatic heterocycles. The van der Waals surface area contributed by atoms with Gasteiger partial charge in [-0.05, 0) is 38.0 Å². The number of hydrogen-bond donors (Lipinski definition) is 0. The van der Waals surface area contributed by atoms with Crippen LogP contribution in [0, 0.1) is 29.1 Å². The number of nitriles is 1. The van der Waals surface area contributed by atoms with Gasteiger partial charge in [-0.2, -0.15) is 5.26 Å². The molecule has 0 amide bonds. The molecule has 0 N–H and O–H groups in total. The number of nitrogens with zero attached hydrogens (tertiary/aromatic N) is 2. The van der Waals surface area contributed by atoms with E-state index < -0.39 is 0 Å². The molecule has 0 aromatic carbocycles. The summed E-state index contributed by atoms with van der Waals surface area (Å²) in [5, 5.41) is 12.7. The summed E-state index contributed by atoms with van der Waals surface area (Å²) in [7, 11) is 0. The Kier molecular flexibility index (Phi) is 3.27. The van der Waals surface area contributed by atoms with Gasteiger partial charge in [-0.1, -0.05) is 13.8 Å². The molecule has 92 valence electrons. The van der Waals surface area contributed by atoms with E-state index in [0.29, 0.717) is 5.41 Å². The zero-order valence-corrected chi connectivity index (χ0v) is 11.7. The van der Waals surface area contributed by atoms with E-state index in [0.717, 1.165) is 42.8 Å². The summed E-state index contributed by atoms with van der Waals surface area (Å²) in [6, 6.07) is 2.58. The van der Waals surface area contributed by atoms with Crippen molar-refractivity contribution in [2.24, 2.45) is 10.8 Å². The number of rotatable bonds is 2. The fourth-order valence-electron chi connectivity index (χ4n) is 2.57. The number of hydrogen-bond acceptors (Lipinski definition) is 3. The van der Waals surface area contributed by atoms with Crippen LogP contribution in [0.4, 0.5) is 0 Å². The number of aromatic nitrogens is 1. The standard InChI is InChI=1S/C14H20N2S/c1-11-16-12(9-17-11)8-14(10-15)6-4-13(2,3)5-7-14/h9H,4-8H2,1-3H3. The van der Waals surface area contributed by atoms with E-state index in [4.69, 9.17) is 0 Å². The molecule has 1 fully saturated rings. The molecule has 0 bridgehead atoms. The van der Waals surface area contributed by atoms with Gasteiger partial charge < -0.3 is 0 Å². The van der Waals surface area contributed by atoms with Gasteiger partial charge in [0.25, 0.3) is 0 Å². The van der Waals surface area contributed by atoms with Gasteiger partial charge in [0.1, 0.15) is 0 Å². The van der Waals surface area contributed by atoms with Gasteiger partial charge in [0.05, 0.1) is 22.2 Å². The first kappa shape index (κ1) is 12.6. The zero-order valence-electron chi connectivity index (χ0n) is 10.9. The molecule has 2 rings (SSSR count). The molecule has 1 heterocycles. The maximum Gasteiger partial charge on any atom is 0.0897 e. The highest BCUT2D eigenvalue weighted by Gasteiger charge is 2.39. The second-order valence-corrected chi connectivity index (χ2v) is 7.15. The first-order chi connectivity index (χ1) is 7.95. The molecule has 0 spiro atoms. The second-order valence-electron chi connectivity index (χ2n) is 6.09. The Labute approximate surface area is 108 Å². The molecule has 3 heteroatoms. The van der Waals surface area contributed by atoms with Crippen LogP contribution >= 0.6 is 11.3 Å². The van der Waals surface area contributed by atoms with Gasteiger partial charge in [-0.3, -0.25) is 0 Å². The molecule has 17 heavy (non-hydrogen) atoms. The molecular weight excluding hydrogens is 228 g/mol. The molecule has 1 aliphatic carbocycles. The summed E-state index contributed by atoms with van der Waals surface area (Å²) in [6.07, 6.45) is 5.19. The Balaban J connectivity index is 2.09. The van der Waals surface area contributed by atoms with Crippen molar-refractivity contribution in [2.45, 2.75) is 52.9 Å². The first-order valence-electron chi connectivity index (χ1n) is 6.27. The van der Waals surface area contributed by atoms with Crippen LogP contribution in [0.3, 0.4) is 0 Å². The van der Waals surface area contributed by atoms with E-state index in [1.54, 1.807) is 11.3 Å². The van der Waals surface area contributed by atoms with Crippen molar-refractivity contribution in [2.75, 3.05) is 0 Å². The normalized spacial score (nSPS) is 22.0. The smallest absolute Gasteiger partial charge is 0.0897 e. The van der Waals surface area contributed by atoms with Crippen molar-refractivity contribution in [3.05, 3.63) is 16.1 Å². The third-order valence-corrected chi connectivity index (χ3v) is 4.81. The maximum atomic E-state index is 9.51. The maximum absolute atomic E-state index is 9.51. The van der Waals surface area contributed by atoms with Crippen LogP contribution in [0.5, 0.6) is 0 Å². The van der Waals surface area contributed by atoms with Crippen LogP contribution in [-0.4, -0.2) is 4.98 Å². The van der Waals surface area contributed by atoms with Crippen molar-refractivity contribution in [1.29, 1.82) is 5.26 Å². The number of thiazole rings is 1. The monoisotopic (exact) mass is 248 g/mol. The van der Waals surface area contributed by atoms with Crippen molar-refractivity contribution in [3.8, 4) is 6.07 Å². The average molecular weight is 248 g/mol. The summed E-state index contributed by atoms with van der Waals surface area (Å²) in [5.74, 6) is 0. The highest BCUT2D eigenvalue weighted by atomic mass is 32.1. The molecule has 0 unspecified atom stereocenters. The Bertz CT molecular complexity index is 429. The molecule has 1 aromatic heterocycles. The summed E-state index contributed by atoms with van der Waals surface area (Å²) < 4.78 is 0. The summed E-state index contributed by atoms with van der Waals surface area (Å²) >= 11 is 1.68. The highest BCUT2D eigenvalue weighted by molar-refractivity contribution is 7.09. The van der Waals surface area contributed by atoms with Gasteiger partial charge in [-0.25, -0.2) is 4.98 Å². The minimum absolute atomic E-state index is 0.157. The predicted octanol–water partition coefficient (Wildman–Crippen LogP) is 4.10. The summed E-state index contributed by atoms with van der Waals surface area (Å²) in [4.78, 5) is 4.50. The van der Waals surface area contributed by atoms with Crippen LogP contribution in [0.15, 0.2) is 5.38 Å². The first-order valence-corrected chi connectivity index (χ1v) is 7.15. The van der Waals surface area contributed by atoms with Crippen molar-refractivity contribution in [3.63, 3.8) is 0 Å². The largest absolute Gasteiger partial charge is 0.247 e. The fourth-order valence-corrected chi connectivity index (χ4v) is 3.18. The molecule has 0 radical (unpaired) electrons. The molecule has 1 aromatic rings. The van der Waals surface area contributed by atoms with Crippen molar-refractivity contribution in [1.82, 2.24) is 4.98 Å². The molecule has 0 saturated heterocycles. The van der Waals surface area contributed by atoms with E-state index >= 15 is 0 Å². The van der Waals surface area contributed by atoms with Crippen LogP contribution in [0.2, 0.25) is 0 Å². The van der Waals surface area contributed by atoms with Crippen molar-refractivity contribution < 1.29 is 0 Å². The highest BCUT2D eigenvalue weighted by Crippen LogP contribution is 2.46. The molecule has 1 saturated carbocycles. The van der Waals surface area contributed by atoms with E-state index in [2.05, 4.69) is 30.3 Å². The van der Waals surface area contributed by atoms with Crippen LogP contribution in [0.1, 0.15) is 50.2 Å². The molecule has 1 aliphatic rings. The lowest BCUT2D eigenvalue weighted by Gasteiger charge is -2.39. The minimum Gasteiger partial charge on any atom is -0.247 e. The van der Waals surface area contributed by atoms with E-state index in [1.807, 2.05) is 6.92 Å². The van der Waals surface area contributed by atoms with E-state index in [1.165, 1.54) is 0 Å². The van der Waals surface area contributed by atoms with Gasteiger partial charge in [-0.15, -0.1) is 11.3 Å². The Morgan fingerprint density at radius 3 is 2.47 bits per heavy atom. The van der Waals surface area contributed by atoms with Crippen LogP contribution in [0.25, 0.3) is 0 Å². The third kappa shape index (κ3) is 2.87. The third-order valence-electron chi connectivity index (χ3n) is 3.98. The zero-order chi connectivity index (χ0) is 12.5. The Morgan fingerprint density at radius 1 is 1.35 bits per heavy atom. The second kappa shape index (κ2) is 4.42. The topological polar surface area (TPSA) is 36.7 Å². The molecular formula is C14H20N2S. The van der Waals surface area contributed by atoms with Crippen LogP contribution in [-0.2, 0) is 6.42 Å².